The van der Waals surface area contributed by atoms with E-state index in [1.54, 1.807) is 24.3 Å². The van der Waals surface area contributed by atoms with Gasteiger partial charge in [0.05, 0.1) is 10.6 Å². The minimum absolute atomic E-state index is 0.0928. The van der Waals surface area contributed by atoms with Crippen LogP contribution in [0.15, 0.2) is 45.3 Å². The molecular weight excluding hydrogens is 292 g/mol. The summed E-state index contributed by atoms with van der Waals surface area (Å²) >= 11 is 1.18. The van der Waals surface area contributed by atoms with E-state index < -0.39 is 5.69 Å². The highest BCUT2D eigenvalue weighted by Gasteiger charge is 2.09. The highest BCUT2D eigenvalue weighted by atomic mass is 32.2. The van der Waals surface area contributed by atoms with Gasteiger partial charge in [0.25, 0.3) is 0 Å². The quantitative estimate of drug-likeness (QED) is 0.287. The maximum absolute atomic E-state index is 12.0. The first-order chi connectivity index (χ1) is 10.1. The zero-order valence-electron chi connectivity index (χ0n) is 10.7. The van der Waals surface area contributed by atoms with Crippen LogP contribution in [0, 0.1) is 0 Å². The van der Waals surface area contributed by atoms with Crippen molar-refractivity contribution in [2.75, 3.05) is 11.5 Å². The molecule has 8 nitrogen and oxygen atoms in total. The number of anilines is 1. The van der Waals surface area contributed by atoms with E-state index >= 15 is 0 Å². The molecule has 0 bridgehead atoms. The molecule has 0 saturated carbocycles. The second-order valence-corrected chi connectivity index (χ2v) is 4.92. The van der Waals surface area contributed by atoms with Gasteiger partial charge in [0.1, 0.15) is 5.82 Å². The van der Waals surface area contributed by atoms with Crippen molar-refractivity contribution in [3.05, 3.63) is 57.0 Å². The van der Waals surface area contributed by atoms with E-state index in [0.29, 0.717) is 16.1 Å². The number of Topliss-reactive ketones (excluding diaryl/α,β-unsaturated/α-hetero) is 1. The third-order valence-corrected chi connectivity index (χ3v) is 3.55. The number of nitrogens with one attached hydrogen (secondary N) is 1. The molecule has 0 aliphatic carbocycles. The molecule has 0 unspecified atom stereocenters. The lowest BCUT2D eigenvalue weighted by molar-refractivity contribution is 0.102. The van der Waals surface area contributed by atoms with Crippen molar-refractivity contribution in [1.29, 1.82) is 0 Å². The van der Waals surface area contributed by atoms with Crippen molar-refractivity contribution in [2.24, 2.45) is 5.11 Å². The number of ketones is 1. The van der Waals surface area contributed by atoms with Gasteiger partial charge in [0.15, 0.2) is 5.78 Å². The summed E-state index contributed by atoms with van der Waals surface area (Å²) in [5.41, 5.74) is 14.3. The molecule has 21 heavy (non-hydrogen) atoms. The van der Waals surface area contributed by atoms with Crippen LogP contribution in [0.3, 0.4) is 0 Å². The third kappa shape index (κ3) is 3.85. The molecule has 0 atom stereocenters. The maximum Gasteiger partial charge on any atom is 0.346 e. The summed E-state index contributed by atoms with van der Waals surface area (Å²) in [7, 11) is 0. The summed E-state index contributed by atoms with van der Waals surface area (Å²) in [6, 6.07) is 6.30. The predicted molar refractivity (Wildman–Crippen MR) is 79.6 cm³/mol. The fraction of sp³-hybridized carbons (Fsp3) is 0.0833. The lowest BCUT2D eigenvalue weighted by Crippen LogP contribution is -2.13. The van der Waals surface area contributed by atoms with E-state index in [1.165, 1.54) is 18.0 Å². The number of aromatic nitrogens is 2. The van der Waals surface area contributed by atoms with Gasteiger partial charge in [-0.1, -0.05) is 29.4 Å². The van der Waals surface area contributed by atoms with Gasteiger partial charge >= 0.3 is 5.69 Å². The Hall–Kier alpha value is -2.77. The fourth-order valence-electron chi connectivity index (χ4n) is 1.51. The molecule has 0 saturated heterocycles. The van der Waals surface area contributed by atoms with Crippen molar-refractivity contribution in [3.63, 3.8) is 0 Å². The van der Waals surface area contributed by atoms with Crippen molar-refractivity contribution in [2.45, 2.75) is 4.90 Å². The van der Waals surface area contributed by atoms with Crippen LogP contribution in [0.5, 0.6) is 0 Å². The lowest BCUT2D eigenvalue weighted by Gasteiger charge is -2.03. The largest absolute Gasteiger partial charge is 0.383 e. The number of nitrogens with zero attached hydrogens (tertiary/aromatic N) is 4. The van der Waals surface area contributed by atoms with Gasteiger partial charge in [0, 0.05) is 22.4 Å². The first-order valence-corrected chi connectivity index (χ1v) is 6.75. The van der Waals surface area contributed by atoms with Crippen molar-refractivity contribution < 1.29 is 4.79 Å². The predicted octanol–water partition coefficient (Wildman–Crippen LogP) is 2.27. The molecule has 0 amide bonds. The minimum atomic E-state index is -0.531. The molecule has 0 radical (unpaired) electrons. The van der Waals surface area contributed by atoms with Crippen LogP contribution in [-0.2, 0) is 0 Å². The standard InChI is InChI=1S/C12H10N6O2S/c13-11-10(5-15-12(20)16-11)21-6-9(19)7-1-3-8(4-2-7)17-18-14/h1-5H,6H2,(H3,13,15,16,20). The van der Waals surface area contributed by atoms with Crippen LogP contribution in [0.4, 0.5) is 11.5 Å². The molecule has 2 rings (SSSR count). The molecule has 1 heterocycles. The van der Waals surface area contributed by atoms with Crippen LogP contribution in [0.2, 0.25) is 0 Å². The Morgan fingerprint density at radius 3 is 2.76 bits per heavy atom. The smallest absolute Gasteiger partial charge is 0.346 e. The number of benzene rings is 1. The van der Waals surface area contributed by atoms with E-state index in [-0.39, 0.29) is 17.4 Å². The molecular formula is C12H10N6O2S. The van der Waals surface area contributed by atoms with E-state index in [4.69, 9.17) is 11.3 Å². The normalized spacial score (nSPS) is 9.90. The molecule has 0 aliphatic rings. The summed E-state index contributed by atoms with van der Waals surface area (Å²) in [5.74, 6) is 0.132. The van der Waals surface area contributed by atoms with E-state index in [9.17, 15) is 9.59 Å². The molecule has 0 fully saturated rings. The Balaban J connectivity index is 2.04. The van der Waals surface area contributed by atoms with Crippen molar-refractivity contribution in [1.82, 2.24) is 9.97 Å². The maximum atomic E-state index is 12.0. The average molecular weight is 302 g/mol. The van der Waals surface area contributed by atoms with Gasteiger partial charge in [-0.25, -0.2) is 4.79 Å². The first-order valence-electron chi connectivity index (χ1n) is 5.76. The number of thioether (sulfide) groups is 1. The zero-order valence-corrected chi connectivity index (χ0v) is 11.5. The first kappa shape index (κ1) is 14.6. The SMILES string of the molecule is [N-]=[N+]=Nc1ccc(C(=O)CSc2c[nH]c(=O)nc2N)cc1. The van der Waals surface area contributed by atoms with Crippen LogP contribution in [0.25, 0.3) is 10.4 Å². The van der Waals surface area contributed by atoms with Gasteiger partial charge in [0.2, 0.25) is 0 Å². The molecule has 1 aromatic carbocycles. The average Bonchev–Trinajstić information content (AvgIpc) is 2.47. The number of azide groups is 1. The number of nitrogen functional groups attached to an aromatic ring is 1. The van der Waals surface area contributed by atoms with Gasteiger partial charge in [-0.2, -0.15) is 4.98 Å². The summed E-state index contributed by atoms with van der Waals surface area (Å²) in [5, 5.41) is 3.43. The number of hydrogen-bond acceptors (Lipinski definition) is 6. The van der Waals surface area contributed by atoms with Crippen LogP contribution in [0.1, 0.15) is 10.4 Å². The summed E-state index contributed by atoms with van der Waals surface area (Å²) in [6.45, 7) is 0. The number of carbonyl (C=O) groups is 1. The number of H-pyrrole nitrogens is 1. The molecule has 0 spiro atoms. The van der Waals surface area contributed by atoms with Crippen LogP contribution >= 0.6 is 11.8 Å². The van der Waals surface area contributed by atoms with Gasteiger partial charge in [-0.3, -0.25) is 4.79 Å². The summed E-state index contributed by atoms with van der Waals surface area (Å²) in [4.78, 5) is 32.1. The van der Waals surface area contributed by atoms with Crippen molar-refractivity contribution in [3.8, 4) is 0 Å². The number of aromatic amines is 1. The molecule has 1 aromatic heterocycles. The lowest BCUT2D eigenvalue weighted by atomic mass is 10.1. The fourth-order valence-corrected chi connectivity index (χ4v) is 2.29. The Morgan fingerprint density at radius 1 is 1.43 bits per heavy atom. The van der Waals surface area contributed by atoms with E-state index in [1.807, 2.05) is 0 Å². The second kappa shape index (κ2) is 6.60. The molecule has 3 N–H and O–H groups in total. The monoisotopic (exact) mass is 302 g/mol. The Labute approximate surface area is 123 Å². The van der Waals surface area contributed by atoms with Gasteiger partial charge in [-0.15, -0.1) is 11.8 Å². The van der Waals surface area contributed by atoms with Crippen LogP contribution < -0.4 is 11.4 Å². The second-order valence-electron chi connectivity index (χ2n) is 3.90. The number of hydrogen-bond donors (Lipinski definition) is 2. The molecule has 0 aliphatic heterocycles. The van der Waals surface area contributed by atoms with E-state index in [2.05, 4.69) is 20.0 Å². The molecule has 9 heteroatoms. The number of carbonyl (C=O) groups excluding carboxylic acids is 1. The summed E-state index contributed by atoms with van der Waals surface area (Å²) in [6.07, 6.45) is 1.42. The highest BCUT2D eigenvalue weighted by molar-refractivity contribution is 8.00. The summed E-state index contributed by atoms with van der Waals surface area (Å²) < 4.78 is 0. The number of nitrogens with two attached hydrogens (primary N) is 1. The van der Waals surface area contributed by atoms with Crippen LogP contribution in [-0.4, -0.2) is 21.5 Å². The minimum Gasteiger partial charge on any atom is -0.383 e. The van der Waals surface area contributed by atoms with E-state index in [0.717, 1.165) is 0 Å². The Morgan fingerprint density at radius 2 is 2.14 bits per heavy atom. The highest BCUT2D eigenvalue weighted by Crippen LogP contribution is 2.22. The van der Waals surface area contributed by atoms with Crippen molar-refractivity contribution >= 4 is 29.1 Å². The Kier molecular flexibility index (Phi) is 4.60. The Bertz CT molecular complexity index is 764. The third-order valence-electron chi connectivity index (χ3n) is 2.51. The molecule has 106 valence electrons. The van der Waals surface area contributed by atoms with Gasteiger partial charge < -0.3 is 10.7 Å². The van der Waals surface area contributed by atoms with Gasteiger partial charge in [-0.05, 0) is 5.53 Å². The zero-order chi connectivity index (χ0) is 15.2. The topological polar surface area (TPSA) is 138 Å². The molecule has 2 aromatic rings. The number of rotatable bonds is 5.